The van der Waals surface area contributed by atoms with Gasteiger partial charge in [0, 0.05) is 18.9 Å². The Kier molecular flexibility index (Phi) is 4.01. The summed E-state index contributed by atoms with van der Waals surface area (Å²) in [5, 5.41) is 9.17. The van der Waals surface area contributed by atoms with Crippen LogP contribution in [0.4, 0.5) is 15.7 Å². The van der Waals surface area contributed by atoms with Gasteiger partial charge < -0.3 is 10.8 Å². The quantitative estimate of drug-likeness (QED) is 0.667. The second-order valence-corrected chi connectivity index (χ2v) is 6.79. The van der Waals surface area contributed by atoms with Crippen LogP contribution in [-0.2, 0) is 21.6 Å². The first-order chi connectivity index (χ1) is 11.3. The number of anilines is 2. The van der Waals surface area contributed by atoms with Crippen LogP contribution >= 0.6 is 0 Å². The van der Waals surface area contributed by atoms with Crippen LogP contribution in [0.15, 0.2) is 6.20 Å². The van der Waals surface area contributed by atoms with Crippen molar-refractivity contribution in [2.45, 2.75) is 13.0 Å². The van der Waals surface area contributed by atoms with Crippen LogP contribution in [0.25, 0.3) is 11.2 Å². The van der Waals surface area contributed by atoms with Crippen LogP contribution in [0, 0.1) is 5.92 Å². The smallest absolute Gasteiger partial charge is 0.302 e. The van der Waals surface area contributed by atoms with E-state index < -0.39 is 27.8 Å². The Bertz CT molecular complexity index is 921. The molecule has 0 aromatic carbocycles. The first kappa shape index (κ1) is 16.4. The number of carbonyl (C=O) groups is 1. The Hall–Kier alpha value is -2.47. The van der Waals surface area contributed by atoms with Crippen LogP contribution in [0.1, 0.15) is 12.1 Å². The summed E-state index contributed by atoms with van der Waals surface area (Å²) in [6.07, 6.45) is 1.17. The van der Waals surface area contributed by atoms with Crippen LogP contribution in [0.5, 0.6) is 0 Å². The zero-order chi connectivity index (χ0) is 17.5. The maximum Gasteiger partial charge on any atom is 0.302 e. The minimum atomic E-state index is -4.70. The second kappa shape index (κ2) is 5.87. The number of amides is 1. The predicted octanol–water partition coefficient (Wildman–Crippen LogP) is -0.854. The highest BCUT2D eigenvalue weighted by atomic mass is 32.3. The van der Waals surface area contributed by atoms with Crippen LogP contribution in [0.2, 0.25) is 0 Å². The average Bonchev–Trinajstić information content (AvgIpc) is 2.84. The van der Waals surface area contributed by atoms with Crippen molar-refractivity contribution in [1.29, 1.82) is 0 Å². The van der Waals surface area contributed by atoms with Gasteiger partial charge in [-0.1, -0.05) is 0 Å². The minimum absolute atomic E-state index is 0.0431. The van der Waals surface area contributed by atoms with Gasteiger partial charge >= 0.3 is 10.2 Å². The number of aliphatic hydroxyl groups is 1. The molecule has 1 saturated heterocycles. The van der Waals surface area contributed by atoms with Gasteiger partial charge in [-0.3, -0.25) is 9.69 Å². The molecule has 12 heteroatoms. The van der Waals surface area contributed by atoms with Crippen LogP contribution in [-0.4, -0.2) is 51.7 Å². The Morgan fingerprint density at radius 2 is 2.12 bits per heavy atom. The molecular weight excluding hydrogens is 343 g/mol. The summed E-state index contributed by atoms with van der Waals surface area (Å²) in [5.41, 5.74) is 6.13. The topological polar surface area (TPSA) is 152 Å². The maximum absolute atomic E-state index is 12.9. The lowest BCUT2D eigenvalue weighted by Crippen LogP contribution is -2.27. The molecule has 1 amide bonds. The summed E-state index contributed by atoms with van der Waals surface area (Å²) in [4.78, 5) is 29.4. The second-order valence-electron chi connectivity index (χ2n) is 5.38. The molecule has 1 fully saturated rings. The van der Waals surface area contributed by atoms with Crippen molar-refractivity contribution in [3.05, 3.63) is 11.9 Å². The fourth-order valence-corrected chi connectivity index (χ4v) is 3.38. The lowest BCUT2D eigenvalue weighted by molar-refractivity contribution is -0.117. The van der Waals surface area contributed by atoms with Gasteiger partial charge in [-0.15, -0.1) is 3.89 Å². The van der Waals surface area contributed by atoms with Crippen LogP contribution < -0.4 is 10.6 Å². The molecule has 1 unspecified atom stereocenters. The van der Waals surface area contributed by atoms with Gasteiger partial charge in [0.2, 0.25) is 11.9 Å². The van der Waals surface area contributed by atoms with Crippen molar-refractivity contribution in [2.75, 3.05) is 22.9 Å². The summed E-state index contributed by atoms with van der Waals surface area (Å²) in [5.74, 6) is -1.96. The van der Waals surface area contributed by atoms with E-state index in [1.165, 1.54) is 11.1 Å². The molecule has 1 aliphatic rings. The van der Waals surface area contributed by atoms with Crippen molar-refractivity contribution < 1.29 is 22.2 Å². The molecule has 3 N–H and O–H groups in total. The lowest BCUT2D eigenvalue weighted by Gasteiger charge is -2.17. The van der Waals surface area contributed by atoms with Crippen molar-refractivity contribution >= 4 is 39.1 Å². The zero-order valence-electron chi connectivity index (χ0n) is 12.3. The third-order valence-electron chi connectivity index (χ3n) is 3.51. The first-order valence-corrected chi connectivity index (χ1v) is 8.45. The molecule has 1 aliphatic heterocycles. The number of nitrogen functional groups attached to an aromatic ring is 1. The van der Waals surface area contributed by atoms with Gasteiger partial charge in [0.1, 0.15) is 0 Å². The minimum Gasteiger partial charge on any atom is -0.390 e. The van der Waals surface area contributed by atoms with E-state index >= 15 is 0 Å². The number of fused-ring (bicyclic) bond motifs is 1. The number of hydrogen-bond acceptors (Lipinski definition) is 9. The number of halogens is 1. The van der Waals surface area contributed by atoms with Gasteiger partial charge in [0.05, 0.1) is 24.3 Å². The van der Waals surface area contributed by atoms with E-state index in [2.05, 4.69) is 19.9 Å². The number of carbonyl (C=O) groups excluding carboxylic acids is 1. The van der Waals surface area contributed by atoms with E-state index in [0.29, 0.717) is 0 Å². The molecule has 1 atom stereocenters. The molecule has 2 aromatic rings. The fourth-order valence-electron chi connectivity index (χ4n) is 2.59. The van der Waals surface area contributed by atoms with Crippen molar-refractivity contribution in [1.82, 2.24) is 19.9 Å². The lowest BCUT2D eigenvalue weighted by atomic mass is 10.1. The number of rotatable bonds is 4. The average molecular weight is 356 g/mol. The summed E-state index contributed by atoms with van der Waals surface area (Å²) >= 11 is 0. The maximum atomic E-state index is 12.9. The van der Waals surface area contributed by atoms with E-state index in [9.17, 15) is 22.2 Å². The fraction of sp³-hybridized carbons (Fsp3) is 0.417. The van der Waals surface area contributed by atoms with Crippen molar-refractivity contribution in [3.63, 3.8) is 0 Å². The monoisotopic (exact) mass is 356 g/mol. The van der Waals surface area contributed by atoms with Crippen LogP contribution in [0.3, 0.4) is 0 Å². The van der Waals surface area contributed by atoms with Crippen molar-refractivity contribution in [3.8, 4) is 0 Å². The predicted molar refractivity (Wildman–Crippen MR) is 80.8 cm³/mol. The normalized spacial score (nSPS) is 18.5. The van der Waals surface area contributed by atoms with Gasteiger partial charge in [0.15, 0.2) is 17.0 Å². The molecule has 0 saturated carbocycles. The largest absolute Gasteiger partial charge is 0.390 e. The molecule has 3 rings (SSSR count). The Balaban J connectivity index is 2.03. The van der Waals surface area contributed by atoms with Crippen molar-refractivity contribution in [2.24, 2.45) is 5.92 Å². The highest BCUT2D eigenvalue weighted by Gasteiger charge is 2.35. The van der Waals surface area contributed by atoms with E-state index in [-0.39, 0.29) is 48.2 Å². The number of nitrogens with zero attached hydrogens (tertiary/aromatic N) is 5. The molecule has 0 radical (unpaired) electrons. The molecule has 128 valence electrons. The van der Waals surface area contributed by atoms with E-state index in [1.807, 2.05) is 0 Å². The molecule has 24 heavy (non-hydrogen) atoms. The summed E-state index contributed by atoms with van der Waals surface area (Å²) < 4.78 is 34.4. The number of aliphatic hydroxyl groups excluding tert-OH is 1. The van der Waals surface area contributed by atoms with E-state index in [4.69, 9.17) is 5.73 Å². The van der Waals surface area contributed by atoms with E-state index in [1.54, 1.807) is 0 Å². The number of hydrogen-bond donors (Lipinski definition) is 2. The third-order valence-corrected chi connectivity index (χ3v) is 4.38. The van der Waals surface area contributed by atoms with Gasteiger partial charge in [-0.2, -0.15) is 18.4 Å². The highest BCUT2D eigenvalue weighted by Crippen LogP contribution is 2.29. The number of nitrogens with two attached hydrogens (primary N) is 1. The molecule has 2 aromatic heterocycles. The summed E-state index contributed by atoms with van der Waals surface area (Å²) in [7, 11) is -4.70. The molecule has 0 bridgehead atoms. The molecular formula is C12H13FN6O4S. The molecule has 10 nitrogen and oxygen atoms in total. The third kappa shape index (κ3) is 3.23. The van der Waals surface area contributed by atoms with Gasteiger partial charge in [0.25, 0.3) is 0 Å². The van der Waals surface area contributed by atoms with Gasteiger partial charge in [-0.05, 0) is 0 Å². The SMILES string of the molecule is Nc1nc(N2CC(CS(=O)(=O)F)CC2=O)c2nc(CO)cnc2n1. The molecule has 0 aliphatic carbocycles. The van der Waals surface area contributed by atoms with E-state index in [0.717, 1.165) is 0 Å². The van der Waals surface area contributed by atoms with Gasteiger partial charge in [-0.25, -0.2) is 9.97 Å². The summed E-state index contributed by atoms with van der Waals surface area (Å²) in [6.45, 7) is -0.415. The Morgan fingerprint density at radius 3 is 2.79 bits per heavy atom. The first-order valence-electron chi connectivity index (χ1n) is 6.89. The highest BCUT2D eigenvalue weighted by molar-refractivity contribution is 7.86. The summed E-state index contributed by atoms with van der Waals surface area (Å²) in [6, 6.07) is 0. The Labute approximate surface area is 135 Å². The standard InChI is InChI=1S/C12H13FN6O4S/c13-24(22,23)5-6-1-8(21)19(3-6)11-9-10(17-12(14)18-11)15-2-7(4-20)16-9/h2,6,20H,1,3-5H2,(H2,14,15,17,18). The molecule has 0 spiro atoms. The zero-order valence-corrected chi connectivity index (χ0v) is 13.1. The molecule has 3 heterocycles. The Morgan fingerprint density at radius 1 is 1.38 bits per heavy atom. The number of aromatic nitrogens is 4.